The highest BCUT2D eigenvalue weighted by molar-refractivity contribution is 6.03. The van der Waals surface area contributed by atoms with Gasteiger partial charge in [-0.1, -0.05) is 13.8 Å². The van der Waals surface area contributed by atoms with E-state index in [1.807, 2.05) is 6.92 Å². The SMILES string of the molecule is COC(=O)c1ccc(NC(=O)c2cc(C)nc(NCC(C)C)n2)cc1. The minimum atomic E-state index is -0.426. The normalized spacial score (nSPS) is 10.4. The minimum Gasteiger partial charge on any atom is -0.465 e. The standard InChI is InChI=1S/C18H22N4O3/c1-11(2)10-19-18-20-12(3)9-15(22-18)16(23)21-14-7-5-13(6-8-14)17(24)25-4/h5-9,11H,10H2,1-4H3,(H,21,23)(H,19,20,22). The molecule has 0 radical (unpaired) electrons. The molecule has 0 aliphatic carbocycles. The number of aromatic nitrogens is 2. The summed E-state index contributed by atoms with van der Waals surface area (Å²) in [6.07, 6.45) is 0. The quantitative estimate of drug-likeness (QED) is 0.784. The van der Waals surface area contributed by atoms with Crippen LogP contribution in [0, 0.1) is 12.8 Å². The van der Waals surface area contributed by atoms with E-state index in [9.17, 15) is 9.59 Å². The fraction of sp³-hybridized carbons (Fsp3) is 0.333. The lowest BCUT2D eigenvalue weighted by Gasteiger charge is -2.10. The Hall–Kier alpha value is -2.96. The van der Waals surface area contributed by atoms with Crippen LogP contribution in [0.25, 0.3) is 0 Å². The monoisotopic (exact) mass is 342 g/mol. The van der Waals surface area contributed by atoms with Crippen LogP contribution in [0.2, 0.25) is 0 Å². The molecule has 0 unspecified atom stereocenters. The maximum Gasteiger partial charge on any atom is 0.337 e. The molecule has 7 heteroatoms. The fourth-order valence-corrected chi connectivity index (χ4v) is 2.06. The molecule has 2 aromatic rings. The first-order chi connectivity index (χ1) is 11.9. The number of aryl methyl sites for hydroxylation is 1. The first-order valence-corrected chi connectivity index (χ1v) is 7.98. The summed E-state index contributed by atoms with van der Waals surface area (Å²) in [6, 6.07) is 8.07. The number of benzene rings is 1. The molecule has 0 saturated carbocycles. The van der Waals surface area contributed by atoms with Crippen molar-refractivity contribution in [3.8, 4) is 0 Å². The Morgan fingerprint density at radius 3 is 2.44 bits per heavy atom. The molecule has 0 fully saturated rings. The summed E-state index contributed by atoms with van der Waals surface area (Å²) in [5, 5.41) is 5.87. The third-order valence-electron chi connectivity index (χ3n) is 3.32. The summed E-state index contributed by atoms with van der Waals surface area (Å²) in [5.41, 5.74) is 1.95. The number of methoxy groups -OCH3 is 1. The van der Waals surface area contributed by atoms with Crippen molar-refractivity contribution in [2.45, 2.75) is 20.8 Å². The van der Waals surface area contributed by atoms with E-state index < -0.39 is 5.97 Å². The first-order valence-electron chi connectivity index (χ1n) is 7.98. The lowest BCUT2D eigenvalue weighted by atomic mass is 10.2. The van der Waals surface area contributed by atoms with E-state index in [2.05, 4.69) is 39.2 Å². The Labute approximate surface area is 146 Å². The van der Waals surface area contributed by atoms with Crippen LogP contribution in [-0.2, 0) is 4.74 Å². The number of nitrogens with one attached hydrogen (secondary N) is 2. The fourth-order valence-electron chi connectivity index (χ4n) is 2.06. The van der Waals surface area contributed by atoms with Crippen molar-refractivity contribution in [2.24, 2.45) is 5.92 Å². The molecule has 1 heterocycles. The van der Waals surface area contributed by atoms with E-state index in [0.29, 0.717) is 28.8 Å². The Kier molecular flexibility index (Phi) is 6.05. The van der Waals surface area contributed by atoms with E-state index in [4.69, 9.17) is 0 Å². The molecule has 0 atom stereocenters. The Bertz CT molecular complexity index is 757. The smallest absolute Gasteiger partial charge is 0.337 e. The van der Waals surface area contributed by atoms with Crippen LogP contribution in [-0.4, -0.2) is 35.5 Å². The highest BCUT2D eigenvalue weighted by Gasteiger charge is 2.12. The van der Waals surface area contributed by atoms with Crippen molar-refractivity contribution in [3.63, 3.8) is 0 Å². The highest BCUT2D eigenvalue weighted by atomic mass is 16.5. The average molecular weight is 342 g/mol. The largest absolute Gasteiger partial charge is 0.465 e. The second kappa shape index (κ2) is 8.23. The number of hydrogen-bond donors (Lipinski definition) is 2. The summed E-state index contributed by atoms with van der Waals surface area (Å²) in [4.78, 5) is 32.4. The number of esters is 1. The maximum atomic E-state index is 12.4. The number of carbonyl (C=O) groups is 2. The molecule has 2 rings (SSSR count). The predicted molar refractivity (Wildman–Crippen MR) is 95.8 cm³/mol. The van der Waals surface area contributed by atoms with E-state index in [1.54, 1.807) is 30.3 Å². The van der Waals surface area contributed by atoms with Gasteiger partial charge < -0.3 is 15.4 Å². The molecule has 1 aromatic heterocycles. The molecule has 1 amide bonds. The van der Waals surface area contributed by atoms with Gasteiger partial charge in [-0.25, -0.2) is 14.8 Å². The van der Waals surface area contributed by atoms with Crippen molar-refractivity contribution in [1.82, 2.24) is 9.97 Å². The van der Waals surface area contributed by atoms with Gasteiger partial charge in [-0.15, -0.1) is 0 Å². The molecule has 0 saturated heterocycles. The van der Waals surface area contributed by atoms with Gasteiger partial charge in [-0.3, -0.25) is 4.79 Å². The molecule has 1 aromatic carbocycles. The molecule has 132 valence electrons. The zero-order valence-corrected chi connectivity index (χ0v) is 14.8. The van der Waals surface area contributed by atoms with Crippen LogP contribution in [0.1, 0.15) is 40.4 Å². The summed E-state index contributed by atoms with van der Waals surface area (Å²) in [6.45, 7) is 6.69. The van der Waals surface area contributed by atoms with Gasteiger partial charge in [0.25, 0.3) is 5.91 Å². The van der Waals surface area contributed by atoms with Gasteiger partial charge in [-0.2, -0.15) is 0 Å². The third kappa shape index (κ3) is 5.27. The van der Waals surface area contributed by atoms with Gasteiger partial charge in [0, 0.05) is 17.9 Å². The number of hydrogen-bond acceptors (Lipinski definition) is 6. The molecular weight excluding hydrogens is 320 g/mol. The van der Waals surface area contributed by atoms with Crippen LogP contribution in [0.5, 0.6) is 0 Å². The van der Waals surface area contributed by atoms with Crippen molar-refractivity contribution in [1.29, 1.82) is 0 Å². The summed E-state index contributed by atoms with van der Waals surface area (Å²) in [5.74, 6) is 0.101. The topological polar surface area (TPSA) is 93.2 Å². The average Bonchev–Trinajstić information content (AvgIpc) is 2.59. The Morgan fingerprint density at radius 1 is 1.16 bits per heavy atom. The van der Waals surface area contributed by atoms with Crippen LogP contribution in [0.3, 0.4) is 0 Å². The number of nitrogens with zero attached hydrogens (tertiary/aromatic N) is 2. The van der Waals surface area contributed by atoms with Gasteiger partial charge in [0.05, 0.1) is 12.7 Å². The maximum absolute atomic E-state index is 12.4. The molecule has 0 bridgehead atoms. The number of carbonyl (C=O) groups excluding carboxylic acids is 2. The molecule has 0 aliphatic heterocycles. The van der Waals surface area contributed by atoms with Gasteiger partial charge in [0.2, 0.25) is 5.95 Å². The van der Waals surface area contributed by atoms with Crippen LogP contribution in [0.15, 0.2) is 30.3 Å². The lowest BCUT2D eigenvalue weighted by Crippen LogP contribution is -2.17. The van der Waals surface area contributed by atoms with Gasteiger partial charge in [-0.05, 0) is 43.2 Å². The van der Waals surface area contributed by atoms with Crippen molar-refractivity contribution >= 4 is 23.5 Å². The second-order valence-electron chi connectivity index (χ2n) is 6.02. The first kappa shape index (κ1) is 18.4. The molecule has 25 heavy (non-hydrogen) atoms. The van der Waals surface area contributed by atoms with Gasteiger partial charge in [0.1, 0.15) is 5.69 Å². The van der Waals surface area contributed by atoms with E-state index in [1.165, 1.54) is 7.11 Å². The number of anilines is 2. The number of ether oxygens (including phenoxy) is 1. The minimum absolute atomic E-state index is 0.274. The molecular formula is C18H22N4O3. The summed E-state index contributed by atoms with van der Waals surface area (Å²) >= 11 is 0. The summed E-state index contributed by atoms with van der Waals surface area (Å²) in [7, 11) is 1.32. The highest BCUT2D eigenvalue weighted by Crippen LogP contribution is 2.13. The van der Waals surface area contributed by atoms with Gasteiger partial charge in [0.15, 0.2) is 0 Å². The Morgan fingerprint density at radius 2 is 1.84 bits per heavy atom. The lowest BCUT2D eigenvalue weighted by molar-refractivity contribution is 0.0600. The summed E-state index contributed by atoms with van der Waals surface area (Å²) < 4.78 is 4.64. The zero-order chi connectivity index (χ0) is 18.4. The van der Waals surface area contributed by atoms with Crippen molar-refractivity contribution in [2.75, 3.05) is 24.3 Å². The van der Waals surface area contributed by atoms with E-state index in [0.717, 1.165) is 6.54 Å². The van der Waals surface area contributed by atoms with Crippen molar-refractivity contribution < 1.29 is 14.3 Å². The molecule has 2 N–H and O–H groups in total. The molecule has 0 spiro atoms. The number of amides is 1. The van der Waals surface area contributed by atoms with Gasteiger partial charge >= 0.3 is 5.97 Å². The second-order valence-corrected chi connectivity index (χ2v) is 6.02. The molecule has 0 aliphatic rings. The van der Waals surface area contributed by atoms with E-state index in [-0.39, 0.29) is 11.6 Å². The third-order valence-corrected chi connectivity index (χ3v) is 3.32. The van der Waals surface area contributed by atoms with Crippen molar-refractivity contribution in [3.05, 3.63) is 47.3 Å². The Balaban J connectivity index is 2.11. The number of rotatable bonds is 6. The van der Waals surface area contributed by atoms with E-state index >= 15 is 0 Å². The van der Waals surface area contributed by atoms with Crippen LogP contribution < -0.4 is 10.6 Å². The molecule has 7 nitrogen and oxygen atoms in total. The van der Waals surface area contributed by atoms with Crippen LogP contribution in [0.4, 0.5) is 11.6 Å². The zero-order valence-electron chi connectivity index (χ0n) is 14.8. The van der Waals surface area contributed by atoms with Crippen LogP contribution >= 0.6 is 0 Å². The predicted octanol–water partition coefficient (Wildman–Crippen LogP) is 2.89.